The summed E-state index contributed by atoms with van der Waals surface area (Å²) < 4.78 is 5.13. The molecule has 0 heterocycles. The minimum atomic E-state index is 0.264. The molecule has 0 aliphatic heterocycles. The maximum Gasteiger partial charge on any atom is 0.137 e. The quantitative estimate of drug-likeness (QED) is 0.822. The standard InChI is InChI=1S/C15H19ClO2/c1-18-15-9-7-11(10-13(15)16)6-8-12-4-2-3-5-14(12)17/h7,9-10,12H,2-6,8H2,1H3. The van der Waals surface area contributed by atoms with E-state index in [4.69, 9.17) is 16.3 Å². The number of hydrogen-bond donors (Lipinski definition) is 0. The topological polar surface area (TPSA) is 26.3 Å². The van der Waals surface area contributed by atoms with Crippen LogP contribution in [-0.2, 0) is 11.2 Å². The molecule has 1 unspecified atom stereocenters. The first-order chi connectivity index (χ1) is 8.70. The largest absolute Gasteiger partial charge is 0.495 e. The zero-order valence-corrected chi connectivity index (χ0v) is 11.5. The van der Waals surface area contributed by atoms with Gasteiger partial charge in [0.25, 0.3) is 0 Å². The minimum Gasteiger partial charge on any atom is -0.495 e. The van der Waals surface area contributed by atoms with E-state index >= 15 is 0 Å². The van der Waals surface area contributed by atoms with Crippen LogP contribution in [-0.4, -0.2) is 12.9 Å². The summed E-state index contributed by atoms with van der Waals surface area (Å²) in [4.78, 5) is 11.7. The molecule has 0 amide bonds. The van der Waals surface area contributed by atoms with Gasteiger partial charge in [-0.05, 0) is 43.4 Å². The van der Waals surface area contributed by atoms with Crippen LogP contribution in [0.4, 0.5) is 0 Å². The lowest BCUT2D eigenvalue weighted by molar-refractivity contribution is -0.124. The van der Waals surface area contributed by atoms with Crippen LogP contribution in [0.2, 0.25) is 5.02 Å². The van der Waals surface area contributed by atoms with Crippen LogP contribution < -0.4 is 4.74 Å². The van der Waals surface area contributed by atoms with Gasteiger partial charge in [0.1, 0.15) is 11.5 Å². The third-order valence-corrected chi connectivity index (χ3v) is 3.97. The fourth-order valence-corrected chi connectivity index (χ4v) is 2.85. The van der Waals surface area contributed by atoms with Crippen LogP contribution >= 0.6 is 11.6 Å². The highest BCUT2D eigenvalue weighted by molar-refractivity contribution is 6.32. The molecule has 0 saturated heterocycles. The molecule has 2 rings (SSSR count). The fourth-order valence-electron chi connectivity index (χ4n) is 2.57. The summed E-state index contributed by atoms with van der Waals surface area (Å²) >= 11 is 6.09. The third kappa shape index (κ3) is 3.26. The Morgan fingerprint density at radius 1 is 1.39 bits per heavy atom. The Hall–Kier alpha value is -1.02. The summed E-state index contributed by atoms with van der Waals surface area (Å²) in [7, 11) is 1.61. The molecule has 1 atom stereocenters. The predicted molar refractivity (Wildman–Crippen MR) is 73.3 cm³/mol. The molecule has 1 aromatic carbocycles. The van der Waals surface area contributed by atoms with Crippen molar-refractivity contribution in [3.8, 4) is 5.75 Å². The van der Waals surface area contributed by atoms with Crippen molar-refractivity contribution in [2.24, 2.45) is 5.92 Å². The molecule has 18 heavy (non-hydrogen) atoms. The molecule has 1 aliphatic rings. The maximum atomic E-state index is 11.7. The monoisotopic (exact) mass is 266 g/mol. The van der Waals surface area contributed by atoms with Gasteiger partial charge in [0.2, 0.25) is 0 Å². The van der Waals surface area contributed by atoms with E-state index < -0.39 is 0 Å². The number of ketones is 1. The predicted octanol–water partition coefficient (Wildman–Crippen LogP) is 4.04. The smallest absolute Gasteiger partial charge is 0.137 e. The molecule has 0 aromatic heterocycles. The Kier molecular flexibility index (Phi) is 4.65. The minimum absolute atomic E-state index is 0.264. The molecule has 1 aliphatic carbocycles. The van der Waals surface area contributed by atoms with E-state index in [0.29, 0.717) is 16.6 Å². The van der Waals surface area contributed by atoms with E-state index in [1.807, 2.05) is 18.2 Å². The summed E-state index contributed by atoms with van der Waals surface area (Å²) in [5, 5.41) is 0.643. The SMILES string of the molecule is COc1ccc(CCC2CCCCC2=O)cc1Cl. The van der Waals surface area contributed by atoms with Crippen LogP contribution in [0.25, 0.3) is 0 Å². The van der Waals surface area contributed by atoms with Crippen molar-refractivity contribution in [2.75, 3.05) is 7.11 Å². The lowest BCUT2D eigenvalue weighted by Crippen LogP contribution is -2.19. The number of carbonyl (C=O) groups is 1. The zero-order valence-electron chi connectivity index (χ0n) is 10.7. The second-order valence-electron chi connectivity index (χ2n) is 4.92. The second-order valence-corrected chi connectivity index (χ2v) is 5.32. The Morgan fingerprint density at radius 2 is 2.22 bits per heavy atom. The molecule has 0 spiro atoms. The van der Waals surface area contributed by atoms with Gasteiger partial charge in [-0.1, -0.05) is 24.1 Å². The number of rotatable bonds is 4. The Morgan fingerprint density at radius 3 is 2.89 bits per heavy atom. The van der Waals surface area contributed by atoms with Gasteiger partial charge in [-0.3, -0.25) is 4.79 Å². The molecular weight excluding hydrogens is 248 g/mol. The van der Waals surface area contributed by atoms with Gasteiger partial charge >= 0.3 is 0 Å². The van der Waals surface area contributed by atoms with Crippen LogP contribution in [0.5, 0.6) is 5.75 Å². The Labute approximate surface area is 113 Å². The van der Waals surface area contributed by atoms with Crippen molar-refractivity contribution < 1.29 is 9.53 Å². The lowest BCUT2D eigenvalue weighted by Gasteiger charge is -2.20. The summed E-state index contributed by atoms with van der Waals surface area (Å²) in [5.41, 5.74) is 1.18. The molecular formula is C15H19ClO2. The number of benzene rings is 1. The van der Waals surface area contributed by atoms with Crippen LogP contribution in [0.15, 0.2) is 18.2 Å². The Bertz CT molecular complexity index is 429. The van der Waals surface area contributed by atoms with Gasteiger partial charge in [0.05, 0.1) is 12.1 Å². The van der Waals surface area contributed by atoms with Crippen molar-refractivity contribution >= 4 is 17.4 Å². The van der Waals surface area contributed by atoms with Gasteiger partial charge in [-0.15, -0.1) is 0 Å². The van der Waals surface area contributed by atoms with Gasteiger partial charge in [-0.25, -0.2) is 0 Å². The van der Waals surface area contributed by atoms with Crippen molar-refractivity contribution in [2.45, 2.75) is 38.5 Å². The van der Waals surface area contributed by atoms with Crippen LogP contribution in [0.3, 0.4) is 0 Å². The number of methoxy groups -OCH3 is 1. The van der Waals surface area contributed by atoms with Crippen molar-refractivity contribution in [3.63, 3.8) is 0 Å². The lowest BCUT2D eigenvalue weighted by atomic mass is 9.84. The maximum absolute atomic E-state index is 11.7. The first-order valence-electron chi connectivity index (χ1n) is 6.56. The van der Waals surface area contributed by atoms with E-state index in [1.54, 1.807) is 7.11 Å². The number of ether oxygens (including phenoxy) is 1. The van der Waals surface area contributed by atoms with Crippen molar-refractivity contribution in [3.05, 3.63) is 28.8 Å². The molecule has 98 valence electrons. The number of halogens is 1. The van der Waals surface area contributed by atoms with E-state index in [0.717, 1.165) is 32.1 Å². The molecule has 0 N–H and O–H groups in total. The highest BCUT2D eigenvalue weighted by atomic mass is 35.5. The van der Waals surface area contributed by atoms with Gasteiger partial charge < -0.3 is 4.74 Å². The van der Waals surface area contributed by atoms with Crippen molar-refractivity contribution in [1.29, 1.82) is 0 Å². The van der Waals surface area contributed by atoms with Crippen molar-refractivity contribution in [1.82, 2.24) is 0 Å². The molecule has 1 saturated carbocycles. The van der Waals surface area contributed by atoms with E-state index in [2.05, 4.69) is 0 Å². The third-order valence-electron chi connectivity index (χ3n) is 3.68. The number of Topliss-reactive ketones (excluding diaryl/α,β-unsaturated/α-hetero) is 1. The van der Waals surface area contributed by atoms with Crippen LogP contribution in [0, 0.1) is 5.92 Å². The highest BCUT2D eigenvalue weighted by Gasteiger charge is 2.21. The van der Waals surface area contributed by atoms with Gasteiger partial charge in [0, 0.05) is 12.3 Å². The highest BCUT2D eigenvalue weighted by Crippen LogP contribution is 2.28. The molecule has 0 radical (unpaired) electrons. The van der Waals surface area contributed by atoms with E-state index in [9.17, 15) is 4.79 Å². The second kappa shape index (κ2) is 6.24. The molecule has 3 heteroatoms. The number of carbonyl (C=O) groups excluding carboxylic acids is 1. The zero-order chi connectivity index (χ0) is 13.0. The van der Waals surface area contributed by atoms with Gasteiger partial charge in [0.15, 0.2) is 0 Å². The average molecular weight is 267 g/mol. The van der Waals surface area contributed by atoms with E-state index in [-0.39, 0.29) is 5.92 Å². The number of aryl methyl sites for hydroxylation is 1. The summed E-state index contributed by atoms with van der Waals surface area (Å²) in [5.74, 6) is 1.41. The molecule has 2 nitrogen and oxygen atoms in total. The summed E-state index contributed by atoms with van der Waals surface area (Å²) in [6.07, 6.45) is 5.96. The Balaban J connectivity index is 1.93. The summed E-state index contributed by atoms with van der Waals surface area (Å²) in [6.45, 7) is 0. The first-order valence-corrected chi connectivity index (χ1v) is 6.93. The molecule has 0 bridgehead atoms. The normalized spacial score (nSPS) is 19.9. The summed E-state index contributed by atoms with van der Waals surface area (Å²) in [6, 6.07) is 5.85. The van der Waals surface area contributed by atoms with E-state index in [1.165, 1.54) is 12.0 Å². The van der Waals surface area contributed by atoms with Crippen LogP contribution in [0.1, 0.15) is 37.7 Å². The first kappa shape index (κ1) is 13.4. The molecule has 1 aromatic rings. The average Bonchev–Trinajstić information content (AvgIpc) is 2.38. The van der Waals surface area contributed by atoms with Gasteiger partial charge in [-0.2, -0.15) is 0 Å². The molecule has 1 fully saturated rings. The fraction of sp³-hybridized carbons (Fsp3) is 0.533. The number of hydrogen-bond acceptors (Lipinski definition) is 2.